The zero-order chi connectivity index (χ0) is 10.0. The molecule has 0 aliphatic rings. The number of aryl methyl sites for hydroxylation is 1. The zero-order valence-corrected chi connectivity index (χ0v) is 8.09. The molecule has 0 radical (unpaired) electrons. The van der Waals surface area contributed by atoms with Gasteiger partial charge in [0.1, 0.15) is 5.56 Å². The highest BCUT2D eigenvalue weighted by Crippen LogP contribution is 2.19. The van der Waals surface area contributed by atoms with Gasteiger partial charge >= 0.3 is 5.97 Å². The van der Waals surface area contributed by atoms with Crippen molar-refractivity contribution in [3.05, 3.63) is 17.0 Å². The Morgan fingerprint density at radius 3 is 2.62 bits per heavy atom. The van der Waals surface area contributed by atoms with Gasteiger partial charge in [-0.15, -0.1) is 0 Å². The van der Waals surface area contributed by atoms with Crippen molar-refractivity contribution in [2.75, 3.05) is 0 Å². The molecule has 1 aromatic heterocycles. The molecule has 0 aliphatic carbocycles. The van der Waals surface area contributed by atoms with E-state index in [4.69, 9.17) is 5.11 Å². The van der Waals surface area contributed by atoms with E-state index in [2.05, 4.69) is 10.2 Å². The minimum atomic E-state index is -0.894. The molecule has 0 saturated heterocycles. The number of aromatic nitrogens is 2. The first-order valence-corrected chi connectivity index (χ1v) is 4.38. The number of carboxylic acid groups (broad SMARTS) is 1. The largest absolute Gasteiger partial charge is 0.478 e. The van der Waals surface area contributed by atoms with Crippen LogP contribution in [0.3, 0.4) is 0 Å². The Bertz CT molecular complexity index is 315. The zero-order valence-electron chi connectivity index (χ0n) is 8.09. The quantitative estimate of drug-likeness (QED) is 0.749. The Kier molecular flexibility index (Phi) is 2.70. The van der Waals surface area contributed by atoms with E-state index in [1.165, 1.54) is 0 Å². The lowest BCUT2D eigenvalue weighted by Gasteiger charge is -2.01. The third kappa shape index (κ3) is 1.71. The summed E-state index contributed by atoms with van der Waals surface area (Å²) < 4.78 is 0. The van der Waals surface area contributed by atoms with Gasteiger partial charge < -0.3 is 5.11 Å². The molecule has 0 bridgehead atoms. The number of hydrogen-bond acceptors (Lipinski definition) is 2. The lowest BCUT2D eigenvalue weighted by atomic mass is 10.0. The molecule has 13 heavy (non-hydrogen) atoms. The molecule has 0 atom stereocenters. The molecule has 0 amide bonds. The molecular formula is C9H14N2O2. The first kappa shape index (κ1) is 9.77. The van der Waals surface area contributed by atoms with Crippen LogP contribution in [0.1, 0.15) is 48.4 Å². The van der Waals surface area contributed by atoms with Crippen LogP contribution in [0, 0.1) is 0 Å². The Morgan fingerprint density at radius 1 is 1.62 bits per heavy atom. The number of aromatic amines is 1. The van der Waals surface area contributed by atoms with Gasteiger partial charge in [0.15, 0.2) is 0 Å². The van der Waals surface area contributed by atoms with Gasteiger partial charge in [0.2, 0.25) is 0 Å². The molecule has 0 aliphatic heterocycles. The highest BCUT2D eigenvalue weighted by molar-refractivity contribution is 5.90. The van der Waals surface area contributed by atoms with E-state index in [0.717, 1.165) is 0 Å². The van der Waals surface area contributed by atoms with Crippen LogP contribution in [0.15, 0.2) is 0 Å². The van der Waals surface area contributed by atoms with Crippen molar-refractivity contribution in [2.45, 2.75) is 33.1 Å². The van der Waals surface area contributed by atoms with Crippen LogP contribution in [0.25, 0.3) is 0 Å². The van der Waals surface area contributed by atoms with Crippen LogP contribution in [-0.4, -0.2) is 21.3 Å². The summed E-state index contributed by atoms with van der Waals surface area (Å²) >= 11 is 0. The number of carboxylic acids is 1. The molecule has 1 heterocycles. The highest BCUT2D eigenvalue weighted by atomic mass is 16.4. The van der Waals surface area contributed by atoms with E-state index in [9.17, 15) is 4.79 Å². The lowest BCUT2D eigenvalue weighted by Crippen LogP contribution is -2.04. The van der Waals surface area contributed by atoms with Crippen molar-refractivity contribution in [3.8, 4) is 0 Å². The smallest absolute Gasteiger partial charge is 0.339 e. The summed E-state index contributed by atoms with van der Waals surface area (Å²) in [6.45, 7) is 5.77. The van der Waals surface area contributed by atoms with Crippen molar-refractivity contribution in [3.63, 3.8) is 0 Å². The maximum atomic E-state index is 10.9. The SMILES string of the molecule is CCc1[nH]nc(C(C)C)c1C(=O)O. The Morgan fingerprint density at radius 2 is 2.23 bits per heavy atom. The Labute approximate surface area is 77.0 Å². The van der Waals surface area contributed by atoms with Gasteiger partial charge in [-0.25, -0.2) is 4.79 Å². The second kappa shape index (κ2) is 3.60. The molecule has 2 N–H and O–H groups in total. The summed E-state index contributed by atoms with van der Waals surface area (Å²) in [5.74, 6) is -0.753. The summed E-state index contributed by atoms with van der Waals surface area (Å²) in [4.78, 5) is 10.9. The van der Waals surface area contributed by atoms with E-state index in [-0.39, 0.29) is 5.92 Å². The van der Waals surface area contributed by atoms with Crippen LogP contribution in [0.4, 0.5) is 0 Å². The number of H-pyrrole nitrogens is 1. The van der Waals surface area contributed by atoms with Crippen molar-refractivity contribution < 1.29 is 9.90 Å². The van der Waals surface area contributed by atoms with Gasteiger partial charge in [0.05, 0.1) is 5.69 Å². The van der Waals surface area contributed by atoms with Gasteiger partial charge in [-0.1, -0.05) is 20.8 Å². The molecule has 4 nitrogen and oxygen atoms in total. The number of carbonyl (C=O) groups is 1. The number of hydrogen-bond donors (Lipinski definition) is 2. The van der Waals surface area contributed by atoms with Crippen molar-refractivity contribution in [1.29, 1.82) is 0 Å². The van der Waals surface area contributed by atoms with Crippen LogP contribution in [0.5, 0.6) is 0 Å². The molecule has 1 rings (SSSR count). The van der Waals surface area contributed by atoms with E-state index < -0.39 is 5.97 Å². The number of rotatable bonds is 3. The average Bonchev–Trinajstić information content (AvgIpc) is 2.46. The van der Waals surface area contributed by atoms with E-state index in [0.29, 0.717) is 23.4 Å². The topological polar surface area (TPSA) is 66.0 Å². The summed E-state index contributed by atoms with van der Waals surface area (Å²) in [6, 6.07) is 0. The minimum absolute atomic E-state index is 0.141. The summed E-state index contributed by atoms with van der Waals surface area (Å²) in [6.07, 6.45) is 0.668. The first-order chi connectivity index (χ1) is 6.07. The Balaban J connectivity index is 3.22. The molecule has 0 spiro atoms. The van der Waals surface area contributed by atoms with Crippen molar-refractivity contribution in [1.82, 2.24) is 10.2 Å². The van der Waals surface area contributed by atoms with E-state index in [1.54, 1.807) is 0 Å². The summed E-state index contributed by atoms with van der Waals surface area (Å²) in [7, 11) is 0. The van der Waals surface area contributed by atoms with Crippen LogP contribution < -0.4 is 0 Å². The average molecular weight is 182 g/mol. The fourth-order valence-corrected chi connectivity index (χ4v) is 1.31. The fourth-order valence-electron chi connectivity index (χ4n) is 1.31. The number of nitrogens with one attached hydrogen (secondary N) is 1. The predicted octanol–water partition coefficient (Wildman–Crippen LogP) is 1.79. The van der Waals surface area contributed by atoms with Gasteiger partial charge in [-0.3, -0.25) is 5.10 Å². The maximum Gasteiger partial charge on any atom is 0.339 e. The number of nitrogens with zero attached hydrogens (tertiary/aromatic N) is 1. The predicted molar refractivity (Wildman–Crippen MR) is 49.0 cm³/mol. The molecule has 1 aromatic rings. The molecule has 0 fully saturated rings. The normalized spacial score (nSPS) is 10.8. The molecule has 0 aromatic carbocycles. The van der Waals surface area contributed by atoms with Gasteiger partial charge in [-0.2, -0.15) is 5.10 Å². The fraction of sp³-hybridized carbons (Fsp3) is 0.556. The third-order valence-corrected chi connectivity index (χ3v) is 1.98. The number of aromatic carboxylic acids is 1. The van der Waals surface area contributed by atoms with Gasteiger partial charge in [0.25, 0.3) is 0 Å². The molecule has 0 unspecified atom stereocenters. The van der Waals surface area contributed by atoms with Crippen molar-refractivity contribution >= 4 is 5.97 Å². The maximum absolute atomic E-state index is 10.9. The van der Waals surface area contributed by atoms with Crippen LogP contribution >= 0.6 is 0 Å². The van der Waals surface area contributed by atoms with E-state index >= 15 is 0 Å². The van der Waals surface area contributed by atoms with Crippen LogP contribution in [0.2, 0.25) is 0 Å². The third-order valence-electron chi connectivity index (χ3n) is 1.98. The summed E-state index contributed by atoms with van der Waals surface area (Å²) in [5, 5.41) is 15.7. The molecule has 0 saturated carbocycles. The van der Waals surface area contributed by atoms with E-state index in [1.807, 2.05) is 20.8 Å². The lowest BCUT2D eigenvalue weighted by molar-refractivity contribution is 0.0694. The van der Waals surface area contributed by atoms with Crippen molar-refractivity contribution in [2.24, 2.45) is 0 Å². The first-order valence-electron chi connectivity index (χ1n) is 4.38. The standard InChI is InChI=1S/C9H14N2O2/c1-4-6-7(9(12)13)8(5(2)3)11-10-6/h5H,4H2,1-3H3,(H,10,11)(H,12,13). The van der Waals surface area contributed by atoms with Gasteiger partial charge in [0, 0.05) is 5.69 Å². The monoisotopic (exact) mass is 182 g/mol. The highest BCUT2D eigenvalue weighted by Gasteiger charge is 2.20. The molecule has 72 valence electrons. The second-order valence-corrected chi connectivity index (χ2v) is 3.28. The molecule has 4 heteroatoms. The minimum Gasteiger partial charge on any atom is -0.478 e. The molecular weight excluding hydrogens is 168 g/mol. The van der Waals surface area contributed by atoms with Gasteiger partial charge in [-0.05, 0) is 12.3 Å². The van der Waals surface area contributed by atoms with Crippen LogP contribution in [-0.2, 0) is 6.42 Å². The second-order valence-electron chi connectivity index (χ2n) is 3.28. The Hall–Kier alpha value is -1.32. The summed E-state index contributed by atoms with van der Waals surface area (Å²) in [5.41, 5.74) is 1.69.